The molecule has 0 bridgehead atoms. The van der Waals surface area contributed by atoms with Crippen molar-refractivity contribution in [1.29, 1.82) is 0 Å². The highest BCUT2D eigenvalue weighted by Crippen LogP contribution is 2.62. The molecule has 27 heavy (non-hydrogen) atoms. The first-order chi connectivity index (χ1) is 11.9. The Labute approximate surface area is 172 Å². The number of ether oxygens (including phenoxy) is 1. The molecule has 1 nitrogen and oxygen atoms in total. The molecule has 1 heterocycles. The summed E-state index contributed by atoms with van der Waals surface area (Å²) in [5, 5.41) is 0.700. The van der Waals surface area contributed by atoms with Gasteiger partial charge in [-0.3, -0.25) is 0 Å². The molecule has 4 heteroatoms. The molecule has 2 atom stereocenters. The van der Waals surface area contributed by atoms with Gasteiger partial charge in [0.2, 0.25) is 0 Å². The largest absolute Gasteiger partial charge is 0.373 e. The number of benzene rings is 1. The molecule has 1 aromatic rings. The van der Waals surface area contributed by atoms with Gasteiger partial charge in [-0.05, 0) is 33.2 Å². The minimum absolute atomic E-state index is 0.152. The molecule has 1 aliphatic heterocycles. The van der Waals surface area contributed by atoms with E-state index in [9.17, 15) is 0 Å². The molecule has 0 saturated carbocycles. The number of rotatable bonds is 4. The van der Waals surface area contributed by atoms with Crippen molar-refractivity contribution in [2.24, 2.45) is 0 Å². The summed E-state index contributed by atoms with van der Waals surface area (Å²) in [7, 11) is -3.04. The summed E-state index contributed by atoms with van der Waals surface area (Å²) >= 11 is 0. The van der Waals surface area contributed by atoms with Crippen LogP contribution in [0.15, 0.2) is 18.2 Å². The van der Waals surface area contributed by atoms with Crippen LogP contribution in [0.3, 0.4) is 0 Å². The molecule has 0 saturated heterocycles. The number of hydrogen-bond acceptors (Lipinski definition) is 1. The van der Waals surface area contributed by atoms with E-state index in [1.165, 1.54) is 11.7 Å². The average molecular weight is 423 g/mol. The normalized spacial score (nSPS) is 21.7. The maximum Gasteiger partial charge on any atom is 0.0843 e. The van der Waals surface area contributed by atoms with E-state index in [4.69, 9.17) is 4.74 Å². The predicted octanol–water partition coefficient (Wildman–Crippen LogP) is 8.13. The highest BCUT2D eigenvalue weighted by molar-refractivity contribution is 7.60. The summed E-state index contributed by atoms with van der Waals surface area (Å²) in [6.45, 7) is 29.4. The van der Waals surface area contributed by atoms with Crippen molar-refractivity contribution in [3.8, 4) is 0 Å². The summed E-state index contributed by atoms with van der Waals surface area (Å²) in [4.78, 5) is 0. The fraction of sp³-hybridized carbons (Fsp3) is 0.739. The summed E-state index contributed by atoms with van der Waals surface area (Å²) in [5.74, 6) is 0. The fourth-order valence-corrected chi connectivity index (χ4v) is 11.8. The Morgan fingerprint density at radius 2 is 1.30 bits per heavy atom. The van der Waals surface area contributed by atoms with Crippen LogP contribution < -0.4 is 0 Å². The molecule has 0 spiro atoms. The summed E-state index contributed by atoms with van der Waals surface area (Å²) < 4.78 is 6.88. The lowest BCUT2D eigenvalue weighted by Gasteiger charge is -2.42. The Morgan fingerprint density at radius 3 is 1.70 bits per heavy atom. The Balaban J connectivity index is 2.60. The van der Waals surface area contributed by atoms with Crippen LogP contribution in [-0.2, 0) is 10.9 Å². The van der Waals surface area contributed by atoms with Gasteiger partial charge in [0.25, 0.3) is 0 Å². The predicted molar refractivity (Wildman–Crippen MR) is 130 cm³/mol. The monoisotopic (exact) mass is 422 g/mol. The van der Waals surface area contributed by atoms with E-state index in [2.05, 4.69) is 99.0 Å². The zero-order valence-corrected chi connectivity index (χ0v) is 22.8. The maximum atomic E-state index is 6.88. The summed E-state index contributed by atoms with van der Waals surface area (Å²) in [5.41, 5.74) is 5.38. The van der Waals surface area contributed by atoms with Gasteiger partial charge in [-0.2, -0.15) is 0 Å². The molecular weight excluding hydrogens is 379 g/mol. The third kappa shape index (κ3) is 5.15. The topological polar surface area (TPSA) is 9.23 Å². The average Bonchev–Trinajstić information content (AvgIpc) is 2.82. The van der Waals surface area contributed by atoms with Crippen molar-refractivity contribution in [3.63, 3.8) is 0 Å². The van der Waals surface area contributed by atoms with Gasteiger partial charge in [-0.1, -0.05) is 107 Å². The minimum atomic E-state index is -1.46. The van der Waals surface area contributed by atoms with Crippen LogP contribution in [0.25, 0.3) is 0 Å². The maximum absolute atomic E-state index is 6.88. The number of hydrogen-bond donors (Lipinski definition) is 0. The van der Waals surface area contributed by atoms with Crippen LogP contribution in [0.2, 0.25) is 39.3 Å². The molecule has 0 aromatic heterocycles. The van der Waals surface area contributed by atoms with Crippen molar-refractivity contribution in [2.75, 3.05) is 0 Å². The van der Waals surface area contributed by atoms with Gasteiger partial charge >= 0.3 is 0 Å². The molecule has 2 unspecified atom stereocenters. The second kappa shape index (κ2) is 7.38. The molecule has 0 radical (unpaired) electrons. The van der Waals surface area contributed by atoms with Gasteiger partial charge in [0.05, 0.1) is 27.6 Å². The van der Waals surface area contributed by atoms with Crippen molar-refractivity contribution < 1.29 is 4.74 Å². The molecule has 1 aliphatic rings. The van der Waals surface area contributed by atoms with Crippen molar-refractivity contribution >= 4 is 24.1 Å². The first kappa shape index (κ1) is 23.3. The lowest BCUT2D eigenvalue weighted by atomic mass is 10.0. The van der Waals surface area contributed by atoms with E-state index >= 15 is 0 Å². The molecule has 0 aliphatic carbocycles. The molecule has 1 aromatic carbocycles. The Bertz CT molecular complexity index is 658. The molecule has 0 N–H and O–H groups in total. The van der Waals surface area contributed by atoms with Crippen LogP contribution in [-0.4, -0.2) is 26.5 Å². The smallest absolute Gasteiger partial charge is 0.0843 e. The summed E-state index contributed by atoms with van der Waals surface area (Å²) in [6.07, 6.45) is 1.22. The van der Waals surface area contributed by atoms with E-state index in [1.54, 1.807) is 11.1 Å². The van der Waals surface area contributed by atoms with Gasteiger partial charge in [-0.25, -0.2) is 0 Å². The Kier molecular flexibility index (Phi) is 6.38. The van der Waals surface area contributed by atoms with E-state index in [1.807, 2.05) is 0 Å². The third-order valence-corrected chi connectivity index (χ3v) is 13.5. The molecular formula is C23H43OPSi2. The van der Waals surface area contributed by atoms with Gasteiger partial charge in [-0.15, -0.1) is 0 Å². The second-order valence-electron chi connectivity index (χ2n) is 12.5. The van der Waals surface area contributed by atoms with Gasteiger partial charge in [0.15, 0.2) is 0 Å². The third-order valence-electron chi connectivity index (χ3n) is 5.57. The Hall–Kier alpha value is 0.0438. The number of fused-ring (bicyclic) bond motifs is 1. The quantitative estimate of drug-likeness (QED) is 0.351. The van der Waals surface area contributed by atoms with E-state index in [0.717, 1.165) is 0 Å². The first-order valence-electron chi connectivity index (χ1n) is 10.5. The van der Waals surface area contributed by atoms with Crippen molar-refractivity contribution in [1.82, 2.24) is 0 Å². The van der Waals surface area contributed by atoms with Crippen LogP contribution in [0.4, 0.5) is 0 Å². The zero-order chi connectivity index (χ0) is 21.0. The van der Waals surface area contributed by atoms with E-state index in [0.29, 0.717) is 21.8 Å². The SMILES string of the molecule is CC(C)(C)P(Cc1cccc2c1C([Si](C)(C)C)OC2[Si](C)(C)C)C(C)(C)C. The highest BCUT2D eigenvalue weighted by Gasteiger charge is 2.46. The Morgan fingerprint density at radius 1 is 0.815 bits per heavy atom. The van der Waals surface area contributed by atoms with Crippen LogP contribution in [0.1, 0.15) is 69.7 Å². The van der Waals surface area contributed by atoms with Crippen molar-refractivity contribution in [3.05, 3.63) is 34.9 Å². The lowest BCUT2D eigenvalue weighted by molar-refractivity contribution is 0.0940. The standard InChI is InChI=1S/C23H43OPSi2/c1-22(2,3)25(23(4,5)6)16-17-14-13-15-18-19(17)21(27(10,11)12)24-20(18)26(7,8)9/h13-15,20-21H,16H2,1-12H3. The van der Waals surface area contributed by atoms with Crippen LogP contribution >= 0.6 is 7.92 Å². The first-order valence-corrected chi connectivity index (χ1v) is 19.2. The van der Waals surface area contributed by atoms with E-state index < -0.39 is 16.1 Å². The lowest BCUT2D eigenvalue weighted by Crippen LogP contribution is -2.35. The molecule has 0 fully saturated rings. The molecule has 0 amide bonds. The van der Waals surface area contributed by atoms with E-state index in [-0.39, 0.29) is 7.92 Å². The fourth-order valence-electron chi connectivity index (χ4n) is 4.56. The molecule has 154 valence electrons. The minimum Gasteiger partial charge on any atom is -0.373 e. The van der Waals surface area contributed by atoms with Gasteiger partial charge in [0, 0.05) is 0 Å². The zero-order valence-electron chi connectivity index (χ0n) is 19.9. The van der Waals surface area contributed by atoms with Crippen LogP contribution in [0, 0.1) is 0 Å². The van der Waals surface area contributed by atoms with Gasteiger partial charge < -0.3 is 4.74 Å². The van der Waals surface area contributed by atoms with Crippen molar-refractivity contribution in [2.45, 2.75) is 109 Å². The van der Waals surface area contributed by atoms with Gasteiger partial charge in [0.1, 0.15) is 0 Å². The second-order valence-corrected chi connectivity index (χ2v) is 26.8. The molecule has 2 rings (SSSR count). The van der Waals surface area contributed by atoms with Crippen LogP contribution in [0.5, 0.6) is 0 Å². The highest BCUT2D eigenvalue weighted by atomic mass is 31.1. The summed E-state index contributed by atoms with van der Waals surface area (Å²) in [6, 6.07) is 7.09.